The molecule has 0 unspecified atom stereocenters. The summed E-state index contributed by atoms with van der Waals surface area (Å²) in [4.78, 5) is 40.9. The lowest BCUT2D eigenvalue weighted by molar-refractivity contribution is -0.153. The van der Waals surface area contributed by atoms with Crippen LogP contribution in [0.4, 0.5) is 10.1 Å². The summed E-state index contributed by atoms with van der Waals surface area (Å²) in [5.41, 5.74) is 1.45. The molecule has 0 spiro atoms. The molecule has 1 heterocycles. The van der Waals surface area contributed by atoms with Crippen molar-refractivity contribution in [2.75, 3.05) is 24.7 Å². The zero-order chi connectivity index (χ0) is 23.9. The maximum atomic E-state index is 13.3. The van der Waals surface area contributed by atoms with E-state index in [1.165, 1.54) is 17.0 Å². The van der Waals surface area contributed by atoms with Crippen LogP contribution in [0.2, 0.25) is 0 Å². The van der Waals surface area contributed by atoms with Crippen molar-refractivity contribution in [3.05, 3.63) is 59.9 Å². The Morgan fingerprint density at radius 3 is 2.56 bits per heavy atom. The third kappa shape index (κ3) is 5.92. The van der Waals surface area contributed by atoms with Gasteiger partial charge in [-0.15, -0.1) is 0 Å². The van der Waals surface area contributed by atoms with Crippen molar-refractivity contribution in [1.82, 2.24) is 4.90 Å². The molecule has 7 nitrogen and oxygen atoms in total. The molecule has 0 saturated heterocycles. The maximum Gasteiger partial charge on any atom is 0.308 e. The molecule has 0 N–H and O–H groups in total. The zero-order valence-electron chi connectivity index (χ0n) is 19.1. The van der Waals surface area contributed by atoms with E-state index in [4.69, 9.17) is 9.47 Å². The van der Waals surface area contributed by atoms with E-state index in [1.54, 1.807) is 35.2 Å². The summed E-state index contributed by atoms with van der Waals surface area (Å²) in [6.07, 6.45) is 5.01. The molecule has 8 heteroatoms. The highest BCUT2D eigenvalue weighted by molar-refractivity contribution is 5.98. The first-order valence-electron chi connectivity index (χ1n) is 11.7. The molecular weight excluding hydrogens is 439 g/mol. The predicted molar refractivity (Wildman–Crippen MR) is 124 cm³/mol. The number of carbonyl (C=O) groups is 3. The molecule has 1 fully saturated rings. The van der Waals surface area contributed by atoms with Crippen LogP contribution in [0.1, 0.15) is 44.1 Å². The Bertz CT molecular complexity index is 1020. The molecule has 1 aliphatic carbocycles. The number of anilines is 1. The maximum absolute atomic E-state index is 13.3. The van der Waals surface area contributed by atoms with Gasteiger partial charge in [-0.25, -0.2) is 4.39 Å². The Morgan fingerprint density at radius 2 is 1.79 bits per heavy atom. The third-order valence-electron chi connectivity index (χ3n) is 6.31. The van der Waals surface area contributed by atoms with Crippen molar-refractivity contribution < 1.29 is 28.2 Å². The number of hydrogen-bond acceptors (Lipinski definition) is 5. The number of esters is 1. The smallest absolute Gasteiger partial charge is 0.308 e. The molecule has 1 aliphatic heterocycles. The number of para-hydroxylation sites is 2. The molecule has 4 rings (SSSR count). The second-order valence-corrected chi connectivity index (χ2v) is 8.65. The van der Waals surface area contributed by atoms with Crippen molar-refractivity contribution in [2.45, 2.75) is 51.1 Å². The number of hydrogen-bond donors (Lipinski definition) is 0. The van der Waals surface area contributed by atoms with Crippen molar-refractivity contribution in [3.8, 4) is 5.75 Å². The average molecular weight is 469 g/mol. The standard InChI is InChI=1S/C26H29FN2O5/c27-20-12-10-19(11-13-20)16-29(21-6-2-1-3-7-21)25(31)18-34-26(32)14-15-28-22-8-4-5-9-23(22)33-17-24(28)30/h4-5,8-13,21H,1-3,6-7,14-18H2. The third-order valence-corrected chi connectivity index (χ3v) is 6.31. The van der Waals surface area contributed by atoms with Crippen molar-refractivity contribution in [2.24, 2.45) is 0 Å². The topological polar surface area (TPSA) is 76.1 Å². The van der Waals surface area contributed by atoms with Gasteiger partial charge in [-0.1, -0.05) is 43.5 Å². The Kier molecular flexibility index (Phi) is 7.77. The highest BCUT2D eigenvalue weighted by Crippen LogP contribution is 2.31. The van der Waals surface area contributed by atoms with Crippen LogP contribution >= 0.6 is 0 Å². The molecule has 2 amide bonds. The number of halogens is 1. The van der Waals surface area contributed by atoms with Gasteiger partial charge in [0.2, 0.25) is 0 Å². The van der Waals surface area contributed by atoms with E-state index in [0.717, 1.165) is 37.7 Å². The van der Waals surface area contributed by atoms with Gasteiger partial charge in [0.05, 0.1) is 12.1 Å². The lowest BCUT2D eigenvalue weighted by atomic mass is 9.93. The molecule has 0 aromatic heterocycles. The van der Waals surface area contributed by atoms with Crippen LogP contribution < -0.4 is 9.64 Å². The molecule has 2 aromatic rings. The molecular formula is C26H29FN2O5. The Labute approximate surface area is 198 Å². The van der Waals surface area contributed by atoms with E-state index in [-0.39, 0.29) is 49.9 Å². The summed E-state index contributed by atoms with van der Waals surface area (Å²) < 4.78 is 24.0. The highest BCUT2D eigenvalue weighted by Gasteiger charge is 2.28. The van der Waals surface area contributed by atoms with E-state index in [9.17, 15) is 18.8 Å². The van der Waals surface area contributed by atoms with Crippen LogP contribution in [0.15, 0.2) is 48.5 Å². The summed E-state index contributed by atoms with van der Waals surface area (Å²) in [6.45, 7) is 0.0585. The van der Waals surface area contributed by atoms with Crippen LogP contribution in [0.25, 0.3) is 0 Å². The Hall–Kier alpha value is -3.42. The van der Waals surface area contributed by atoms with E-state index >= 15 is 0 Å². The monoisotopic (exact) mass is 468 g/mol. The van der Waals surface area contributed by atoms with Gasteiger partial charge < -0.3 is 19.3 Å². The van der Waals surface area contributed by atoms with E-state index in [0.29, 0.717) is 18.0 Å². The minimum Gasteiger partial charge on any atom is -0.482 e. The van der Waals surface area contributed by atoms with Crippen molar-refractivity contribution in [3.63, 3.8) is 0 Å². The van der Waals surface area contributed by atoms with Gasteiger partial charge >= 0.3 is 5.97 Å². The summed E-state index contributed by atoms with van der Waals surface area (Å²) in [7, 11) is 0. The SMILES string of the molecule is O=C(CCN1C(=O)COc2ccccc21)OCC(=O)N(Cc1ccc(F)cc1)C1CCCCC1. The second-order valence-electron chi connectivity index (χ2n) is 8.65. The van der Waals surface area contributed by atoms with E-state index in [2.05, 4.69) is 0 Å². The summed E-state index contributed by atoms with van der Waals surface area (Å²) in [5, 5.41) is 0. The molecule has 2 aromatic carbocycles. The van der Waals surface area contributed by atoms with Crippen LogP contribution in [0.3, 0.4) is 0 Å². The van der Waals surface area contributed by atoms with E-state index in [1.807, 2.05) is 6.07 Å². The number of carbonyl (C=O) groups excluding carboxylic acids is 3. The first-order valence-corrected chi connectivity index (χ1v) is 11.7. The van der Waals surface area contributed by atoms with Gasteiger partial charge in [0.1, 0.15) is 11.6 Å². The van der Waals surface area contributed by atoms with Gasteiger partial charge in [-0.3, -0.25) is 14.4 Å². The van der Waals surface area contributed by atoms with Crippen molar-refractivity contribution in [1.29, 1.82) is 0 Å². The van der Waals surface area contributed by atoms with Gasteiger partial charge in [-0.05, 0) is 42.7 Å². The van der Waals surface area contributed by atoms with Gasteiger partial charge in [-0.2, -0.15) is 0 Å². The second kappa shape index (κ2) is 11.1. The highest BCUT2D eigenvalue weighted by atomic mass is 19.1. The molecule has 2 aliphatic rings. The van der Waals surface area contributed by atoms with Crippen LogP contribution in [-0.4, -0.2) is 48.5 Å². The van der Waals surface area contributed by atoms with E-state index < -0.39 is 5.97 Å². The number of rotatable bonds is 8. The quantitative estimate of drug-likeness (QED) is 0.550. The lowest BCUT2D eigenvalue weighted by Gasteiger charge is -2.34. The number of nitrogens with zero attached hydrogens (tertiary/aromatic N) is 2. The molecule has 0 radical (unpaired) electrons. The molecule has 180 valence electrons. The zero-order valence-corrected chi connectivity index (χ0v) is 19.1. The van der Waals surface area contributed by atoms with Crippen LogP contribution in [0.5, 0.6) is 5.75 Å². The average Bonchev–Trinajstić information content (AvgIpc) is 2.87. The molecule has 1 saturated carbocycles. The summed E-state index contributed by atoms with van der Waals surface area (Å²) in [5.74, 6) is -0.776. The Morgan fingerprint density at radius 1 is 1.06 bits per heavy atom. The molecule has 0 atom stereocenters. The van der Waals surface area contributed by atoms with Gasteiger partial charge in [0, 0.05) is 19.1 Å². The largest absolute Gasteiger partial charge is 0.482 e. The lowest BCUT2D eigenvalue weighted by Crippen LogP contribution is -2.43. The Balaban J connectivity index is 1.33. The van der Waals surface area contributed by atoms with Crippen molar-refractivity contribution >= 4 is 23.5 Å². The van der Waals surface area contributed by atoms with Gasteiger partial charge in [0.25, 0.3) is 11.8 Å². The molecule has 34 heavy (non-hydrogen) atoms. The fourth-order valence-corrected chi connectivity index (χ4v) is 4.50. The van der Waals surface area contributed by atoms with Gasteiger partial charge in [0.15, 0.2) is 13.2 Å². The summed E-state index contributed by atoms with van der Waals surface area (Å²) >= 11 is 0. The molecule has 0 bridgehead atoms. The number of fused-ring (bicyclic) bond motifs is 1. The number of benzene rings is 2. The normalized spacial score (nSPS) is 15.9. The minimum atomic E-state index is -0.546. The number of amides is 2. The minimum absolute atomic E-state index is 0.0330. The first-order chi connectivity index (χ1) is 16.5. The fourth-order valence-electron chi connectivity index (χ4n) is 4.50. The summed E-state index contributed by atoms with van der Waals surface area (Å²) in [6, 6.07) is 13.3. The van der Waals surface area contributed by atoms with Crippen LogP contribution in [0, 0.1) is 5.82 Å². The fraction of sp³-hybridized carbons (Fsp3) is 0.423. The number of ether oxygens (including phenoxy) is 2. The van der Waals surface area contributed by atoms with Crippen LogP contribution in [-0.2, 0) is 25.7 Å². The predicted octanol–water partition coefficient (Wildman–Crippen LogP) is 3.85. The first kappa shape index (κ1) is 23.7.